The molecule has 5 fully saturated rings. The van der Waals surface area contributed by atoms with Crippen molar-refractivity contribution in [2.75, 3.05) is 13.1 Å². The van der Waals surface area contributed by atoms with E-state index in [0.717, 1.165) is 82.9 Å². The molecule has 4 atom stereocenters. The molecule has 326 valence electrons. The lowest BCUT2D eigenvalue weighted by molar-refractivity contribution is -0.101. The third-order valence-corrected chi connectivity index (χ3v) is 16.5. The zero-order valence-electron chi connectivity index (χ0n) is 37.1. The van der Waals surface area contributed by atoms with Crippen molar-refractivity contribution in [1.82, 2.24) is 4.90 Å². The van der Waals surface area contributed by atoms with Gasteiger partial charge >= 0.3 is 6.09 Å². The van der Waals surface area contributed by atoms with Gasteiger partial charge in [0.05, 0.1) is 18.2 Å². The second-order valence-electron chi connectivity index (χ2n) is 20.9. The first kappa shape index (κ1) is 41.9. The number of nitrogens with zero attached hydrogens (tertiary/aromatic N) is 1. The fourth-order valence-electron chi connectivity index (χ4n) is 13.6. The van der Waals surface area contributed by atoms with Crippen LogP contribution in [0.15, 0.2) is 127 Å². The molecule has 63 heavy (non-hydrogen) atoms. The Balaban J connectivity index is 1.02. The fourth-order valence-corrected chi connectivity index (χ4v) is 13.6. The number of carbonyl (C=O) groups is 2. The lowest BCUT2D eigenvalue weighted by Gasteiger charge is -2.58. The molecule has 6 heteroatoms. The van der Waals surface area contributed by atoms with Crippen molar-refractivity contribution < 1.29 is 24.5 Å². The maximum Gasteiger partial charge on any atom is 0.415 e. The van der Waals surface area contributed by atoms with Gasteiger partial charge in [0, 0.05) is 23.1 Å². The van der Waals surface area contributed by atoms with Crippen LogP contribution in [0.5, 0.6) is 5.75 Å². The minimum Gasteiger partial charge on any atom is -0.410 e. The molecule has 0 aromatic heterocycles. The molecule has 7 aliphatic rings. The molecular formula is C57H63NO5. The Morgan fingerprint density at radius 2 is 1.43 bits per heavy atom. The SMILES string of the molecule is CC1=CCC[C@@]2(C)[C@@H](CC[C@@]2(O)CN(CC23CC4CC(CC(C4)C2)C3)C(=O)Oc2ccc3ccccc3c2)c2ccc(cc2C(=O)c2ccc(-c3ccccc3)cc2)C[C@@H](O)CC1. The van der Waals surface area contributed by atoms with Crippen LogP contribution in [-0.4, -0.2) is 51.8 Å². The van der Waals surface area contributed by atoms with Crippen LogP contribution in [0.25, 0.3) is 21.9 Å². The molecule has 0 unspecified atom stereocenters. The number of allylic oxidation sites excluding steroid dienone is 2. The highest BCUT2D eigenvalue weighted by atomic mass is 16.6. The van der Waals surface area contributed by atoms with Gasteiger partial charge in [-0.15, -0.1) is 0 Å². The number of amides is 1. The molecule has 0 saturated heterocycles. The smallest absolute Gasteiger partial charge is 0.410 e. The predicted molar refractivity (Wildman–Crippen MR) is 251 cm³/mol. The molecule has 0 spiro atoms. The number of ether oxygens (including phenoxy) is 1. The van der Waals surface area contributed by atoms with Crippen molar-refractivity contribution in [3.05, 3.63) is 149 Å². The molecule has 5 aromatic rings. The quantitative estimate of drug-likeness (QED) is 0.120. The molecule has 0 radical (unpaired) electrons. The second kappa shape index (κ2) is 16.8. The van der Waals surface area contributed by atoms with Gasteiger partial charge in [-0.3, -0.25) is 4.79 Å². The van der Waals surface area contributed by atoms with E-state index in [4.69, 9.17) is 4.74 Å². The monoisotopic (exact) mass is 841 g/mol. The first-order valence-corrected chi connectivity index (χ1v) is 23.8. The van der Waals surface area contributed by atoms with Crippen molar-refractivity contribution in [1.29, 1.82) is 0 Å². The van der Waals surface area contributed by atoms with E-state index in [2.05, 4.69) is 50.3 Å². The van der Waals surface area contributed by atoms with Gasteiger partial charge in [0.1, 0.15) is 5.75 Å². The van der Waals surface area contributed by atoms with E-state index in [1.165, 1.54) is 24.8 Å². The first-order chi connectivity index (χ1) is 30.4. The van der Waals surface area contributed by atoms with Gasteiger partial charge < -0.3 is 19.8 Å². The van der Waals surface area contributed by atoms with Crippen molar-refractivity contribution in [3.63, 3.8) is 0 Å². The summed E-state index contributed by atoms with van der Waals surface area (Å²) in [6, 6.07) is 38.2. The number of carbonyl (C=O) groups excluding carboxylic acids is 2. The van der Waals surface area contributed by atoms with Crippen LogP contribution in [0, 0.1) is 28.6 Å². The Morgan fingerprint density at radius 1 is 0.746 bits per heavy atom. The highest BCUT2D eigenvalue weighted by Crippen LogP contribution is 2.62. The lowest BCUT2D eigenvalue weighted by Crippen LogP contribution is -2.58. The minimum atomic E-state index is -1.26. The Labute approximate surface area is 373 Å². The van der Waals surface area contributed by atoms with Crippen molar-refractivity contribution in [2.45, 2.75) is 115 Å². The summed E-state index contributed by atoms with van der Waals surface area (Å²) in [5, 5.41) is 26.8. The van der Waals surface area contributed by atoms with Crippen LogP contribution >= 0.6 is 0 Å². The Hall–Kier alpha value is -5.04. The molecule has 1 amide bonds. The van der Waals surface area contributed by atoms with Crippen LogP contribution in [0.4, 0.5) is 4.79 Å². The number of rotatable bonds is 8. The summed E-state index contributed by atoms with van der Waals surface area (Å²) in [6.45, 7) is 5.12. The zero-order chi connectivity index (χ0) is 43.3. The summed E-state index contributed by atoms with van der Waals surface area (Å²) < 4.78 is 6.34. The van der Waals surface area contributed by atoms with Crippen molar-refractivity contribution in [2.24, 2.45) is 28.6 Å². The highest BCUT2D eigenvalue weighted by molar-refractivity contribution is 6.10. The number of fused-ring (bicyclic) bond motifs is 9. The summed E-state index contributed by atoms with van der Waals surface area (Å²) in [4.78, 5) is 31.6. The van der Waals surface area contributed by atoms with Crippen LogP contribution in [0.1, 0.15) is 124 Å². The number of aliphatic hydroxyl groups excluding tert-OH is 1. The molecular weight excluding hydrogens is 779 g/mol. The van der Waals surface area contributed by atoms with Crippen molar-refractivity contribution in [3.8, 4) is 16.9 Å². The standard InChI is InChI=1S/C57H63NO5/c1-38-9-8-25-55(2)52(50-23-15-39(30-48(59)21-14-38)31-51(50)53(60)46-18-16-45(17-19-46)43-10-4-3-5-11-43)24-26-57(55,62)37-58(36-56-33-40-27-41(34-56)29-42(28-40)35-56)54(61)63-49-22-20-44-12-6-7-13-47(44)32-49/h3-7,9-13,15-20,22-23,31-32,40-42,48,52,59,62H,8,14,21,24-30,33-37H2,1-2H3/t40?,41?,42?,48-,52-,55-,56?,57+/m0/s1. The van der Waals surface area contributed by atoms with E-state index in [-0.39, 0.29) is 23.7 Å². The zero-order valence-corrected chi connectivity index (χ0v) is 37.1. The van der Waals surface area contributed by atoms with E-state index in [1.807, 2.05) is 89.8 Å². The molecule has 5 saturated carbocycles. The summed E-state index contributed by atoms with van der Waals surface area (Å²) >= 11 is 0. The minimum absolute atomic E-state index is 0.0333. The topological polar surface area (TPSA) is 87.1 Å². The van der Waals surface area contributed by atoms with Gasteiger partial charge in [0.15, 0.2) is 5.78 Å². The average molecular weight is 842 g/mol. The number of benzene rings is 5. The number of hydrogen-bond donors (Lipinski definition) is 2. The normalized spacial score (nSPS) is 30.1. The molecule has 6 nitrogen and oxygen atoms in total. The molecule has 0 heterocycles. The van der Waals surface area contributed by atoms with Gasteiger partial charge in [-0.1, -0.05) is 116 Å². The van der Waals surface area contributed by atoms with E-state index in [1.54, 1.807) is 0 Å². The van der Waals surface area contributed by atoms with E-state index < -0.39 is 23.2 Å². The Morgan fingerprint density at radius 3 is 2.16 bits per heavy atom. The largest absolute Gasteiger partial charge is 0.415 e. The van der Waals surface area contributed by atoms with Crippen molar-refractivity contribution >= 4 is 22.6 Å². The molecule has 6 bridgehead atoms. The number of hydrogen-bond acceptors (Lipinski definition) is 5. The number of ketones is 1. The molecule has 5 aromatic carbocycles. The second-order valence-corrected chi connectivity index (χ2v) is 20.9. The molecule has 2 N–H and O–H groups in total. The van der Waals surface area contributed by atoms with Crippen LogP contribution in [-0.2, 0) is 6.42 Å². The molecule has 12 rings (SSSR count). The van der Waals surface area contributed by atoms with E-state index >= 15 is 0 Å². The summed E-state index contributed by atoms with van der Waals surface area (Å²) in [6.07, 6.45) is 13.2. The van der Waals surface area contributed by atoms with Gasteiger partial charge in [-0.05, 0) is 171 Å². The van der Waals surface area contributed by atoms with Crippen LogP contribution < -0.4 is 4.74 Å². The van der Waals surface area contributed by atoms with Crippen LogP contribution in [0.3, 0.4) is 0 Å². The summed E-state index contributed by atoms with van der Waals surface area (Å²) in [5.41, 5.74) is 4.59. The average Bonchev–Trinajstić information content (AvgIpc) is 3.53. The summed E-state index contributed by atoms with van der Waals surface area (Å²) in [7, 11) is 0. The Bertz CT molecular complexity index is 2490. The van der Waals surface area contributed by atoms with E-state index in [0.29, 0.717) is 55.5 Å². The lowest BCUT2D eigenvalue weighted by atomic mass is 9.49. The van der Waals surface area contributed by atoms with Gasteiger partial charge in [0.2, 0.25) is 0 Å². The highest BCUT2D eigenvalue weighted by Gasteiger charge is 2.59. The van der Waals surface area contributed by atoms with Gasteiger partial charge in [0.25, 0.3) is 0 Å². The van der Waals surface area contributed by atoms with Crippen LogP contribution in [0.2, 0.25) is 0 Å². The third-order valence-electron chi connectivity index (χ3n) is 16.5. The maximum absolute atomic E-state index is 14.9. The Kier molecular flexibility index (Phi) is 11.2. The molecule has 0 aliphatic heterocycles. The number of aliphatic hydroxyl groups is 2. The maximum atomic E-state index is 14.9. The van der Waals surface area contributed by atoms with Gasteiger partial charge in [-0.2, -0.15) is 0 Å². The molecule has 7 aliphatic carbocycles. The van der Waals surface area contributed by atoms with Gasteiger partial charge in [-0.25, -0.2) is 4.79 Å². The summed E-state index contributed by atoms with van der Waals surface area (Å²) in [5.74, 6) is 2.46. The predicted octanol–water partition coefficient (Wildman–Crippen LogP) is 12.5. The first-order valence-electron chi connectivity index (χ1n) is 23.8. The third kappa shape index (κ3) is 8.30. The fraction of sp³-hybridized carbons (Fsp3) is 0.439. The van der Waals surface area contributed by atoms with E-state index in [9.17, 15) is 19.8 Å².